The summed E-state index contributed by atoms with van der Waals surface area (Å²) in [7, 11) is -3.44. The van der Waals surface area contributed by atoms with Crippen molar-refractivity contribution in [3.8, 4) is 0 Å². The second kappa shape index (κ2) is 3.59. The van der Waals surface area contributed by atoms with E-state index in [0.29, 0.717) is 5.69 Å². The number of sulfonamides is 1. The number of amides is 1. The van der Waals surface area contributed by atoms with Crippen LogP contribution < -0.4 is 4.31 Å². The SMILES string of the molecule is Cc1ccc(C)c(N2C(=O)CCS2(=O)=O)c1. The number of rotatable bonds is 1. The summed E-state index contributed by atoms with van der Waals surface area (Å²) in [5.41, 5.74) is 2.22. The summed E-state index contributed by atoms with van der Waals surface area (Å²) in [5, 5.41) is 0. The lowest BCUT2D eigenvalue weighted by Crippen LogP contribution is -2.29. The normalized spacial score (nSPS) is 19.1. The van der Waals surface area contributed by atoms with Crippen LogP contribution in [0.25, 0.3) is 0 Å². The van der Waals surface area contributed by atoms with E-state index in [-0.39, 0.29) is 18.1 Å². The number of carbonyl (C=O) groups is 1. The summed E-state index contributed by atoms with van der Waals surface area (Å²) in [6.45, 7) is 3.67. The van der Waals surface area contributed by atoms with Crippen molar-refractivity contribution >= 4 is 21.6 Å². The van der Waals surface area contributed by atoms with Crippen molar-refractivity contribution in [3.63, 3.8) is 0 Å². The number of benzene rings is 1. The zero-order valence-electron chi connectivity index (χ0n) is 9.23. The first kappa shape index (κ1) is 11.1. The molecule has 5 heteroatoms. The molecular formula is C11H13NO3S. The monoisotopic (exact) mass is 239 g/mol. The van der Waals surface area contributed by atoms with E-state index in [2.05, 4.69) is 0 Å². The zero-order valence-corrected chi connectivity index (χ0v) is 10.0. The van der Waals surface area contributed by atoms with Crippen molar-refractivity contribution in [2.45, 2.75) is 20.3 Å². The van der Waals surface area contributed by atoms with E-state index in [4.69, 9.17) is 0 Å². The molecule has 16 heavy (non-hydrogen) atoms. The Hall–Kier alpha value is -1.36. The van der Waals surface area contributed by atoms with Crippen LogP contribution in [0.5, 0.6) is 0 Å². The molecule has 0 radical (unpaired) electrons. The van der Waals surface area contributed by atoms with Gasteiger partial charge in [-0.2, -0.15) is 0 Å². The fourth-order valence-corrected chi connectivity index (χ4v) is 3.30. The van der Waals surface area contributed by atoms with Gasteiger partial charge in [0.2, 0.25) is 15.9 Å². The van der Waals surface area contributed by atoms with Crippen molar-refractivity contribution in [3.05, 3.63) is 29.3 Å². The minimum Gasteiger partial charge on any atom is -0.273 e. The van der Waals surface area contributed by atoms with Crippen molar-refractivity contribution in [1.29, 1.82) is 0 Å². The van der Waals surface area contributed by atoms with Gasteiger partial charge in [0.05, 0.1) is 11.4 Å². The highest BCUT2D eigenvalue weighted by Gasteiger charge is 2.36. The Kier molecular flexibility index (Phi) is 2.50. The number of nitrogens with zero attached hydrogens (tertiary/aromatic N) is 1. The fourth-order valence-electron chi connectivity index (χ4n) is 1.79. The maximum Gasteiger partial charge on any atom is 0.242 e. The van der Waals surface area contributed by atoms with Gasteiger partial charge < -0.3 is 0 Å². The number of aryl methyl sites for hydroxylation is 2. The second-order valence-corrected chi connectivity index (χ2v) is 5.95. The maximum atomic E-state index is 11.7. The summed E-state index contributed by atoms with van der Waals surface area (Å²) in [4.78, 5) is 11.6. The van der Waals surface area contributed by atoms with Crippen LogP contribution in [0.1, 0.15) is 17.5 Å². The fraction of sp³-hybridized carbons (Fsp3) is 0.364. The lowest BCUT2D eigenvalue weighted by Gasteiger charge is -2.17. The van der Waals surface area contributed by atoms with Crippen LogP contribution >= 0.6 is 0 Å². The molecule has 0 unspecified atom stereocenters. The van der Waals surface area contributed by atoms with Crippen molar-refractivity contribution in [1.82, 2.24) is 0 Å². The molecule has 0 aliphatic carbocycles. The molecule has 86 valence electrons. The third kappa shape index (κ3) is 1.71. The highest BCUT2D eigenvalue weighted by atomic mass is 32.2. The lowest BCUT2D eigenvalue weighted by atomic mass is 10.1. The molecule has 1 saturated heterocycles. The molecule has 2 rings (SSSR count). The summed E-state index contributed by atoms with van der Waals surface area (Å²) >= 11 is 0. The smallest absolute Gasteiger partial charge is 0.242 e. The van der Waals surface area contributed by atoms with E-state index in [1.54, 1.807) is 13.0 Å². The Morgan fingerprint density at radius 3 is 2.50 bits per heavy atom. The molecule has 0 aromatic heterocycles. The van der Waals surface area contributed by atoms with Crippen molar-refractivity contribution in [2.75, 3.05) is 10.1 Å². The van der Waals surface area contributed by atoms with Gasteiger partial charge in [0.15, 0.2) is 0 Å². The number of hydrogen-bond acceptors (Lipinski definition) is 3. The molecule has 1 aliphatic heterocycles. The van der Waals surface area contributed by atoms with Gasteiger partial charge in [0, 0.05) is 6.42 Å². The average molecular weight is 239 g/mol. The number of anilines is 1. The Morgan fingerprint density at radius 2 is 1.94 bits per heavy atom. The van der Waals surface area contributed by atoms with Gasteiger partial charge in [-0.3, -0.25) is 4.79 Å². The van der Waals surface area contributed by atoms with E-state index in [0.717, 1.165) is 15.4 Å². The number of carbonyl (C=O) groups excluding carboxylic acids is 1. The molecule has 1 aromatic rings. The number of hydrogen-bond donors (Lipinski definition) is 0. The van der Waals surface area contributed by atoms with Crippen LogP contribution in [-0.2, 0) is 14.8 Å². The predicted octanol–water partition coefficient (Wildman–Crippen LogP) is 1.37. The molecule has 0 spiro atoms. The van der Waals surface area contributed by atoms with Crippen LogP contribution in [0.15, 0.2) is 18.2 Å². The quantitative estimate of drug-likeness (QED) is 0.743. The van der Waals surface area contributed by atoms with Crippen LogP contribution in [0.3, 0.4) is 0 Å². The van der Waals surface area contributed by atoms with Crippen LogP contribution in [0, 0.1) is 13.8 Å². The summed E-state index contributed by atoms with van der Waals surface area (Å²) in [6.07, 6.45) is 0.0791. The molecule has 1 fully saturated rings. The minimum atomic E-state index is -3.44. The highest BCUT2D eigenvalue weighted by Crippen LogP contribution is 2.28. The summed E-state index contributed by atoms with van der Waals surface area (Å²) in [5.74, 6) is -0.423. The molecule has 4 nitrogen and oxygen atoms in total. The van der Waals surface area contributed by atoms with E-state index < -0.39 is 10.0 Å². The molecule has 0 saturated carbocycles. The van der Waals surface area contributed by atoms with E-state index in [1.807, 2.05) is 19.1 Å². The molecule has 0 N–H and O–H groups in total. The lowest BCUT2D eigenvalue weighted by molar-refractivity contribution is -0.116. The van der Waals surface area contributed by atoms with Crippen LogP contribution in [0.4, 0.5) is 5.69 Å². The molecule has 0 atom stereocenters. The Labute approximate surface area is 94.9 Å². The van der Waals surface area contributed by atoms with Gasteiger partial charge in [-0.1, -0.05) is 12.1 Å². The molecule has 1 heterocycles. The van der Waals surface area contributed by atoms with Gasteiger partial charge in [-0.05, 0) is 31.0 Å². The van der Waals surface area contributed by atoms with Crippen molar-refractivity contribution < 1.29 is 13.2 Å². The van der Waals surface area contributed by atoms with Gasteiger partial charge in [-0.25, -0.2) is 12.7 Å². The van der Waals surface area contributed by atoms with Gasteiger partial charge in [0.1, 0.15) is 0 Å². The van der Waals surface area contributed by atoms with Crippen LogP contribution in [-0.4, -0.2) is 20.1 Å². The first-order valence-electron chi connectivity index (χ1n) is 5.05. The average Bonchev–Trinajstić information content (AvgIpc) is 2.46. The predicted molar refractivity (Wildman–Crippen MR) is 61.8 cm³/mol. The molecule has 0 bridgehead atoms. The molecule has 1 amide bonds. The Balaban J connectivity index is 2.59. The van der Waals surface area contributed by atoms with Gasteiger partial charge in [-0.15, -0.1) is 0 Å². The summed E-state index contributed by atoms with van der Waals surface area (Å²) < 4.78 is 24.4. The second-order valence-electron chi connectivity index (χ2n) is 4.01. The topological polar surface area (TPSA) is 54.5 Å². The largest absolute Gasteiger partial charge is 0.273 e. The zero-order chi connectivity index (χ0) is 11.9. The van der Waals surface area contributed by atoms with Gasteiger partial charge in [0.25, 0.3) is 0 Å². The van der Waals surface area contributed by atoms with Gasteiger partial charge >= 0.3 is 0 Å². The maximum absolute atomic E-state index is 11.7. The molecule has 1 aliphatic rings. The molecular weight excluding hydrogens is 226 g/mol. The van der Waals surface area contributed by atoms with E-state index in [9.17, 15) is 13.2 Å². The Morgan fingerprint density at radius 1 is 1.25 bits per heavy atom. The first-order chi connectivity index (χ1) is 7.42. The first-order valence-corrected chi connectivity index (χ1v) is 6.66. The minimum absolute atomic E-state index is 0.0791. The molecule has 1 aromatic carbocycles. The van der Waals surface area contributed by atoms with E-state index in [1.165, 1.54) is 0 Å². The van der Waals surface area contributed by atoms with E-state index >= 15 is 0 Å². The Bertz CT molecular complexity index is 548. The third-order valence-corrected chi connectivity index (χ3v) is 4.34. The summed E-state index contributed by atoms with van der Waals surface area (Å²) in [6, 6.07) is 5.45. The third-order valence-electron chi connectivity index (χ3n) is 2.66. The standard InChI is InChI=1S/C11H13NO3S/c1-8-3-4-9(2)10(7-8)12-11(13)5-6-16(12,14)15/h3-4,7H,5-6H2,1-2H3. The van der Waals surface area contributed by atoms with Crippen LogP contribution in [0.2, 0.25) is 0 Å². The highest BCUT2D eigenvalue weighted by molar-refractivity contribution is 7.94. The van der Waals surface area contributed by atoms with Crippen molar-refractivity contribution in [2.24, 2.45) is 0 Å².